The summed E-state index contributed by atoms with van der Waals surface area (Å²) in [5.74, 6) is -3.55. The summed E-state index contributed by atoms with van der Waals surface area (Å²) in [5.41, 5.74) is 0. The van der Waals surface area contributed by atoms with E-state index in [4.69, 9.17) is 10.2 Å². The van der Waals surface area contributed by atoms with E-state index in [-0.39, 0.29) is 6.42 Å². The highest BCUT2D eigenvalue weighted by atomic mass is 16.4. The zero-order valence-electron chi connectivity index (χ0n) is 5.69. The Morgan fingerprint density at radius 3 is 2.18 bits per heavy atom. The van der Waals surface area contributed by atoms with Gasteiger partial charge in [-0.1, -0.05) is 0 Å². The summed E-state index contributed by atoms with van der Waals surface area (Å²) in [4.78, 5) is 30.1. The van der Waals surface area contributed by atoms with Gasteiger partial charge in [0, 0.05) is 6.42 Å². The number of carboxylic acid groups (broad SMARTS) is 2. The van der Waals surface area contributed by atoms with Crippen LogP contribution in [-0.2, 0) is 14.4 Å². The monoisotopic (exact) mass is 160 g/mol. The van der Waals surface area contributed by atoms with E-state index in [0.29, 0.717) is 6.29 Å². The number of rotatable bonds is 5. The van der Waals surface area contributed by atoms with E-state index >= 15 is 0 Å². The largest absolute Gasteiger partial charge is 0.481 e. The first-order valence-corrected chi connectivity index (χ1v) is 2.96. The average molecular weight is 160 g/mol. The summed E-state index contributed by atoms with van der Waals surface area (Å²) in [6.45, 7) is 0. The van der Waals surface area contributed by atoms with Crippen LogP contribution in [-0.4, -0.2) is 28.4 Å². The second-order valence-electron chi connectivity index (χ2n) is 2.04. The molecule has 0 spiro atoms. The molecule has 0 heterocycles. The molecule has 0 fully saturated rings. The van der Waals surface area contributed by atoms with Crippen molar-refractivity contribution in [3.63, 3.8) is 0 Å². The Morgan fingerprint density at radius 2 is 1.91 bits per heavy atom. The number of aldehydes is 1. The number of carbonyl (C=O) groups excluding carboxylic acids is 1. The molecule has 5 heteroatoms. The molecular weight excluding hydrogens is 152 g/mol. The van der Waals surface area contributed by atoms with E-state index in [9.17, 15) is 14.4 Å². The average Bonchev–Trinajstić information content (AvgIpc) is 1.86. The minimum atomic E-state index is -1.25. The maximum absolute atomic E-state index is 10.2. The number of aliphatic carboxylic acids is 2. The standard InChI is InChI=1S/C6H8O5/c7-2-1-4(6(10)11)3-5(8)9/h2,4H,1,3H2,(H,8,9)(H,10,11)/t4-/m0/s1. The van der Waals surface area contributed by atoms with Crippen molar-refractivity contribution in [2.75, 3.05) is 0 Å². The normalized spacial score (nSPS) is 12.0. The minimum Gasteiger partial charge on any atom is -0.481 e. The first-order valence-electron chi connectivity index (χ1n) is 2.96. The fourth-order valence-corrected chi connectivity index (χ4v) is 0.598. The maximum Gasteiger partial charge on any atom is 0.307 e. The van der Waals surface area contributed by atoms with Gasteiger partial charge in [-0.3, -0.25) is 9.59 Å². The molecule has 0 aromatic rings. The lowest BCUT2D eigenvalue weighted by molar-refractivity contribution is -0.148. The van der Waals surface area contributed by atoms with Crippen LogP contribution in [0.1, 0.15) is 12.8 Å². The van der Waals surface area contributed by atoms with Crippen LogP contribution in [0.3, 0.4) is 0 Å². The summed E-state index contributed by atoms with van der Waals surface area (Å²) in [6, 6.07) is 0. The molecule has 2 N–H and O–H groups in total. The van der Waals surface area contributed by atoms with Crippen molar-refractivity contribution in [1.82, 2.24) is 0 Å². The predicted molar refractivity (Wildman–Crippen MR) is 34.1 cm³/mol. The first-order chi connectivity index (χ1) is 5.07. The SMILES string of the molecule is O=CC[C@@H](CC(=O)O)C(=O)O. The molecule has 0 aliphatic carbocycles. The lowest BCUT2D eigenvalue weighted by Gasteiger charge is -2.03. The van der Waals surface area contributed by atoms with E-state index in [1.807, 2.05) is 0 Å². The van der Waals surface area contributed by atoms with Crippen molar-refractivity contribution >= 4 is 18.2 Å². The summed E-state index contributed by atoms with van der Waals surface area (Å²) in [7, 11) is 0. The number of hydrogen-bond acceptors (Lipinski definition) is 3. The Hall–Kier alpha value is -1.39. The molecule has 11 heavy (non-hydrogen) atoms. The molecule has 0 saturated carbocycles. The highest BCUT2D eigenvalue weighted by Gasteiger charge is 2.19. The third kappa shape index (κ3) is 4.07. The third-order valence-corrected chi connectivity index (χ3v) is 1.15. The van der Waals surface area contributed by atoms with Crippen molar-refractivity contribution in [2.24, 2.45) is 5.92 Å². The minimum absolute atomic E-state index is 0.248. The van der Waals surface area contributed by atoms with Crippen molar-refractivity contribution in [1.29, 1.82) is 0 Å². The van der Waals surface area contributed by atoms with E-state index < -0.39 is 24.3 Å². The van der Waals surface area contributed by atoms with Gasteiger partial charge in [-0.25, -0.2) is 0 Å². The van der Waals surface area contributed by atoms with Crippen molar-refractivity contribution in [3.8, 4) is 0 Å². The topological polar surface area (TPSA) is 91.7 Å². The molecule has 0 amide bonds. The molecule has 0 radical (unpaired) electrons. The van der Waals surface area contributed by atoms with Gasteiger partial charge in [0.25, 0.3) is 0 Å². The molecule has 0 aromatic carbocycles. The van der Waals surface area contributed by atoms with Crippen LogP contribution in [0.5, 0.6) is 0 Å². The van der Waals surface area contributed by atoms with Gasteiger partial charge in [-0.05, 0) is 0 Å². The van der Waals surface area contributed by atoms with Gasteiger partial charge in [-0.2, -0.15) is 0 Å². The molecule has 0 rings (SSSR count). The van der Waals surface area contributed by atoms with E-state index in [0.717, 1.165) is 0 Å². The number of hydrogen-bond donors (Lipinski definition) is 2. The Balaban J connectivity index is 3.99. The van der Waals surface area contributed by atoms with Crippen molar-refractivity contribution in [3.05, 3.63) is 0 Å². The second kappa shape index (κ2) is 4.43. The molecule has 0 bridgehead atoms. The Bertz CT molecular complexity index is 174. The van der Waals surface area contributed by atoms with E-state index in [2.05, 4.69) is 0 Å². The van der Waals surface area contributed by atoms with Crippen LogP contribution in [0.15, 0.2) is 0 Å². The van der Waals surface area contributed by atoms with Crippen LogP contribution in [0.4, 0.5) is 0 Å². The van der Waals surface area contributed by atoms with E-state index in [1.165, 1.54) is 0 Å². The van der Waals surface area contributed by atoms with E-state index in [1.54, 1.807) is 0 Å². The highest BCUT2D eigenvalue weighted by Crippen LogP contribution is 2.06. The van der Waals surface area contributed by atoms with Crippen LogP contribution < -0.4 is 0 Å². The molecule has 5 nitrogen and oxygen atoms in total. The van der Waals surface area contributed by atoms with Gasteiger partial charge in [0.05, 0.1) is 12.3 Å². The Labute approximate surface area is 62.6 Å². The number of carboxylic acids is 2. The third-order valence-electron chi connectivity index (χ3n) is 1.15. The molecule has 1 atom stereocenters. The van der Waals surface area contributed by atoms with Crippen LogP contribution in [0, 0.1) is 5.92 Å². The molecule has 0 aliphatic rings. The van der Waals surface area contributed by atoms with Gasteiger partial charge in [0.2, 0.25) is 0 Å². The first kappa shape index (κ1) is 9.61. The fourth-order valence-electron chi connectivity index (χ4n) is 0.598. The van der Waals surface area contributed by atoms with Gasteiger partial charge < -0.3 is 15.0 Å². The van der Waals surface area contributed by atoms with Gasteiger partial charge >= 0.3 is 11.9 Å². The molecular formula is C6H8O5. The summed E-state index contributed by atoms with van der Waals surface area (Å²) in [6.07, 6.45) is -0.350. The zero-order chi connectivity index (χ0) is 8.85. The Morgan fingerprint density at radius 1 is 1.36 bits per heavy atom. The van der Waals surface area contributed by atoms with Gasteiger partial charge in [0.15, 0.2) is 0 Å². The molecule has 0 aliphatic heterocycles. The van der Waals surface area contributed by atoms with Crippen LogP contribution in [0.25, 0.3) is 0 Å². The van der Waals surface area contributed by atoms with Gasteiger partial charge in [0.1, 0.15) is 6.29 Å². The molecule has 0 saturated heterocycles. The summed E-state index contributed by atoms with van der Waals surface area (Å²) in [5, 5.41) is 16.5. The van der Waals surface area contributed by atoms with Crippen molar-refractivity contribution in [2.45, 2.75) is 12.8 Å². The smallest absolute Gasteiger partial charge is 0.307 e. The highest BCUT2D eigenvalue weighted by molar-refractivity contribution is 5.79. The van der Waals surface area contributed by atoms with Gasteiger partial charge in [-0.15, -0.1) is 0 Å². The second-order valence-corrected chi connectivity index (χ2v) is 2.04. The molecule has 0 unspecified atom stereocenters. The lowest BCUT2D eigenvalue weighted by atomic mass is 10.0. The van der Waals surface area contributed by atoms with Crippen molar-refractivity contribution < 1.29 is 24.6 Å². The van der Waals surface area contributed by atoms with Crippen LogP contribution in [0.2, 0.25) is 0 Å². The number of carbonyl (C=O) groups is 3. The quantitative estimate of drug-likeness (QED) is 0.541. The predicted octanol–water partition coefficient (Wildman–Crippen LogP) is -0.249. The maximum atomic E-state index is 10.2. The molecule has 62 valence electrons. The summed E-state index contributed by atoms with van der Waals surface area (Å²) >= 11 is 0. The zero-order valence-corrected chi connectivity index (χ0v) is 5.69. The lowest BCUT2D eigenvalue weighted by Crippen LogP contribution is -2.17. The molecule has 0 aromatic heterocycles. The Kier molecular flexibility index (Phi) is 3.87. The fraction of sp³-hybridized carbons (Fsp3) is 0.500. The van der Waals surface area contributed by atoms with Crippen LogP contribution >= 0.6 is 0 Å². The summed E-state index contributed by atoms with van der Waals surface area (Å²) < 4.78 is 0.